The molecule has 0 spiro atoms. The van der Waals surface area contributed by atoms with E-state index in [2.05, 4.69) is 21.2 Å². The van der Waals surface area contributed by atoms with Gasteiger partial charge in [0, 0.05) is 16.9 Å². The van der Waals surface area contributed by atoms with Crippen LogP contribution in [0, 0.1) is 5.82 Å². The average Bonchev–Trinajstić information content (AvgIpc) is 2.76. The first-order valence-corrected chi connectivity index (χ1v) is 11.1. The fraction of sp³-hybridized carbons (Fsp3) is 0.240. The Balaban J connectivity index is 1.71. The summed E-state index contributed by atoms with van der Waals surface area (Å²) < 4.78 is 53.8. The van der Waals surface area contributed by atoms with Gasteiger partial charge in [0.2, 0.25) is 0 Å². The number of aromatic hydroxyl groups is 1. The van der Waals surface area contributed by atoms with Crippen LogP contribution in [0.4, 0.5) is 17.6 Å². The fourth-order valence-corrected chi connectivity index (χ4v) is 4.02. The molecule has 1 unspecified atom stereocenters. The van der Waals surface area contributed by atoms with Crippen molar-refractivity contribution in [1.29, 1.82) is 0 Å². The number of halogens is 5. The maximum atomic E-state index is 14.1. The van der Waals surface area contributed by atoms with Crippen molar-refractivity contribution >= 4 is 21.8 Å². The minimum atomic E-state index is -4.53. The molecular formula is C25H22BrF4NO2. The number of amides is 1. The minimum absolute atomic E-state index is 0.0102. The van der Waals surface area contributed by atoms with E-state index >= 15 is 0 Å². The SMILES string of the molecule is O=C(NCC(CCCc1cc(C(F)(F)F)ccc1F)c1cccc(Br)c1)c1ccccc1O. The summed E-state index contributed by atoms with van der Waals surface area (Å²) in [6.07, 6.45) is -3.47. The number of para-hydroxylation sites is 1. The fourth-order valence-electron chi connectivity index (χ4n) is 3.61. The molecule has 0 fully saturated rings. The second kappa shape index (κ2) is 10.8. The highest BCUT2D eigenvalue weighted by Crippen LogP contribution is 2.31. The van der Waals surface area contributed by atoms with E-state index in [-0.39, 0.29) is 35.8 Å². The molecule has 0 aliphatic heterocycles. The van der Waals surface area contributed by atoms with Crippen LogP contribution in [0.5, 0.6) is 5.75 Å². The van der Waals surface area contributed by atoms with Crippen molar-refractivity contribution in [3.8, 4) is 5.75 Å². The average molecular weight is 524 g/mol. The van der Waals surface area contributed by atoms with E-state index in [4.69, 9.17) is 0 Å². The van der Waals surface area contributed by atoms with Gasteiger partial charge in [-0.05, 0) is 72.9 Å². The summed E-state index contributed by atoms with van der Waals surface area (Å²) in [7, 11) is 0. The van der Waals surface area contributed by atoms with E-state index in [1.54, 1.807) is 12.1 Å². The van der Waals surface area contributed by atoms with Gasteiger partial charge in [0.15, 0.2) is 0 Å². The number of nitrogens with one attached hydrogen (secondary N) is 1. The predicted octanol–water partition coefficient (Wildman–Crippen LogP) is 6.85. The van der Waals surface area contributed by atoms with Crippen LogP contribution in [0.2, 0.25) is 0 Å². The molecule has 0 aliphatic carbocycles. The highest BCUT2D eigenvalue weighted by atomic mass is 79.9. The van der Waals surface area contributed by atoms with Gasteiger partial charge in [-0.3, -0.25) is 4.79 Å². The molecular weight excluding hydrogens is 502 g/mol. The van der Waals surface area contributed by atoms with Crippen molar-refractivity contribution in [1.82, 2.24) is 5.32 Å². The van der Waals surface area contributed by atoms with Gasteiger partial charge in [0.25, 0.3) is 5.91 Å². The number of carbonyl (C=O) groups is 1. The van der Waals surface area contributed by atoms with E-state index in [1.165, 1.54) is 12.1 Å². The van der Waals surface area contributed by atoms with E-state index < -0.39 is 23.5 Å². The first-order valence-electron chi connectivity index (χ1n) is 10.3. The summed E-state index contributed by atoms with van der Waals surface area (Å²) in [5, 5.41) is 12.7. The molecule has 0 heterocycles. The molecule has 33 heavy (non-hydrogen) atoms. The minimum Gasteiger partial charge on any atom is -0.507 e. The van der Waals surface area contributed by atoms with Gasteiger partial charge >= 0.3 is 6.18 Å². The van der Waals surface area contributed by atoms with Crippen LogP contribution in [0.1, 0.15) is 45.8 Å². The van der Waals surface area contributed by atoms with E-state index in [9.17, 15) is 27.5 Å². The Labute approximate surface area is 197 Å². The molecule has 0 aromatic heterocycles. The molecule has 8 heteroatoms. The molecule has 0 aliphatic rings. The number of carbonyl (C=O) groups excluding carboxylic acids is 1. The van der Waals surface area contributed by atoms with Crippen molar-refractivity contribution in [3.05, 3.63) is 99.3 Å². The molecule has 3 rings (SSSR count). The van der Waals surface area contributed by atoms with E-state index in [0.29, 0.717) is 12.8 Å². The molecule has 1 atom stereocenters. The lowest BCUT2D eigenvalue weighted by molar-refractivity contribution is -0.137. The molecule has 174 valence electrons. The first kappa shape index (κ1) is 24.8. The van der Waals surface area contributed by atoms with Gasteiger partial charge in [0.05, 0.1) is 11.1 Å². The molecule has 3 nitrogen and oxygen atoms in total. The summed E-state index contributed by atoms with van der Waals surface area (Å²) in [5.41, 5.74) is 0.205. The molecule has 0 saturated carbocycles. The zero-order chi connectivity index (χ0) is 24.0. The van der Waals surface area contributed by atoms with Crippen LogP contribution in [-0.4, -0.2) is 17.6 Å². The smallest absolute Gasteiger partial charge is 0.416 e. The summed E-state index contributed by atoms with van der Waals surface area (Å²) in [6, 6.07) is 16.1. The van der Waals surface area contributed by atoms with Crippen LogP contribution in [0.25, 0.3) is 0 Å². The van der Waals surface area contributed by atoms with Gasteiger partial charge in [-0.2, -0.15) is 13.2 Å². The van der Waals surface area contributed by atoms with Gasteiger partial charge in [-0.25, -0.2) is 4.39 Å². The molecule has 0 bridgehead atoms. The van der Waals surface area contributed by atoms with Crippen LogP contribution in [-0.2, 0) is 12.6 Å². The number of rotatable bonds is 8. The van der Waals surface area contributed by atoms with Crippen molar-refractivity contribution in [2.45, 2.75) is 31.4 Å². The number of hydrogen-bond donors (Lipinski definition) is 2. The van der Waals surface area contributed by atoms with E-state index in [0.717, 1.165) is 28.2 Å². The van der Waals surface area contributed by atoms with Gasteiger partial charge in [-0.15, -0.1) is 0 Å². The summed E-state index contributed by atoms with van der Waals surface area (Å²) in [4.78, 5) is 12.5. The number of aryl methyl sites for hydroxylation is 1. The molecule has 0 saturated heterocycles. The Morgan fingerprint density at radius 2 is 1.79 bits per heavy atom. The third-order valence-corrected chi connectivity index (χ3v) is 5.84. The zero-order valence-electron chi connectivity index (χ0n) is 17.5. The molecule has 1 amide bonds. The van der Waals surface area contributed by atoms with Crippen LogP contribution < -0.4 is 5.32 Å². The van der Waals surface area contributed by atoms with Crippen LogP contribution in [0.15, 0.2) is 71.2 Å². The third kappa shape index (κ3) is 6.81. The Kier molecular flexibility index (Phi) is 8.13. The van der Waals surface area contributed by atoms with Crippen molar-refractivity contribution in [2.75, 3.05) is 6.54 Å². The Morgan fingerprint density at radius 3 is 2.48 bits per heavy atom. The molecule has 0 radical (unpaired) electrons. The summed E-state index contributed by atoms with van der Waals surface area (Å²) in [5.74, 6) is -1.40. The lowest BCUT2D eigenvalue weighted by Crippen LogP contribution is -2.28. The molecule has 3 aromatic rings. The highest BCUT2D eigenvalue weighted by molar-refractivity contribution is 9.10. The van der Waals surface area contributed by atoms with Gasteiger partial charge in [0.1, 0.15) is 11.6 Å². The third-order valence-electron chi connectivity index (χ3n) is 5.35. The van der Waals surface area contributed by atoms with Gasteiger partial charge in [-0.1, -0.05) is 40.2 Å². The standard InChI is InChI=1S/C25H22BrF4NO2/c26-20-8-4-5-16(14-20)18(15-31-24(33)21-9-1-2-10-23(21)32)7-3-6-17-13-19(25(28,29)30)11-12-22(17)27/h1-2,4-5,8-14,18,32H,3,6-7,15H2,(H,31,33). The number of benzene rings is 3. The van der Waals surface area contributed by atoms with E-state index in [1.807, 2.05) is 24.3 Å². The number of phenols is 1. The highest BCUT2D eigenvalue weighted by Gasteiger charge is 2.31. The van der Waals surface area contributed by atoms with Crippen molar-refractivity contribution in [3.63, 3.8) is 0 Å². The Hall–Kier alpha value is -2.87. The second-order valence-electron chi connectivity index (χ2n) is 7.68. The lowest BCUT2D eigenvalue weighted by Gasteiger charge is -2.19. The normalized spacial score (nSPS) is 12.4. The second-order valence-corrected chi connectivity index (χ2v) is 8.59. The molecule has 3 aromatic carbocycles. The predicted molar refractivity (Wildman–Crippen MR) is 122 cm³/mol. The van der Waals surface area contributed by atoms with Crippen molar-refractivity contribution < 1.29 is 27.5 Å². The quantitative estimate of drug-likeness (QED) is 0.317. The summed E-state index contributed by atoms with van der Waals surface area (Å²) >= 11 is 3.42. The summed E-state index contributed by atoms with van der Waals surface area (Å²) in [6.45, 7) is 0.245. The van der Waals surface area contributed by atoms with Crippen LogP contribution in [0.3, 0.4) is 0 Å². The number of hydrogen-bond acceptors (Lipinski definition) is 2. The van der Waals surface area contributed by atoms with Gasteiger partial charge < -0.3 is 10.4 Å². The topological polar surface area (TPSA) is 49.3 Å². The van der Waals surface area contributed by atoms with Crippen LogP contribution >= 0.6 is 15.9 Å². The maximum absolute atomic E-state index is 14.1. The number of alkyl halides is 3. The molecule has 2 N–H and O–H groups in total. The largest absolute Gasteiger partial charge is 0.507 e. The zero-order valence-corrected chi connectivity index (χ0v) is 19.1. The maximum Gasteiger partial charge on any atom is 0.416 e. The monoisotopic (exact) mass is 523 g/mol. The Morgan fingerprint density at radius 1 is 1.03 bits per heavy atom. The number of phenolic OH excluding ortho intramolecular Hbond substituents is 1. The Bertz CT molecular complexity index is 1120. The lowest BCUT2D eigenvalue weighted by atomic mass is 9.92. The first-order chi connectivity index (χ1) is 15.6. The van der Waals surface area contributed by atoms with Crippen molar-refractivity contribution in [2.24, 2.45) is 0 Å².